The van der Waals surface area contributed by atoms with Crippen LogP contribution < -0.4 is 11.1 Å². The summed E-state index contributed by atoms with van der Waals surface area (Å²) in [7, 11) is 0. The average Bonchev–Trinajstić information content (AvgIpc) is 3.03. The minimum absolute atomic E-state index is 0.368. The number of carbonyl (C=O) groups excluding carboxylic acids is 1. The molecule has 16 heavy (non-hydrogen) atoms. The minimum atomic E-state index is -0.557. The predicted molar refractivity (Wildman–Crippen MR) is 64.6 cm³/mol. The van der Waals surface area contributed by atoms with E-state index in [4.69, 9.17) is 28.9 Å². The van der Waals surface area contributed by atoms with Crippen molar-refractivity contribution >= 4 is 29.1 Å². The molecule has 0 spiro atoms. The molecule has 1 atom stereocenters. The SMILES string of the molecule is NC(=O)C(NC1CC1)c1cccc(Cl)c1Cl. The Bertz CT molecular complexity index is 418. The van der Waals surface area contributed by atoms with Gasteiger partial charge in [-0.2, -0.15) is 0 Å². The van der Waals surface area contributed by atoms with Crippen molar-refractivity contribution in [3.63, 3.8) is 0 Å². The first-order valence-electron chi connectivity index (χ1n) is 5.09. The lowest BCUT2D eigenvalue weighted by molar-refractivity contribution is -0.120. The Morgan fingerprint density at radius 3 is 2.69 bits per heavy atom. The Hall–Kier alpha value is -0.770. The molecule has 0 heterocycles. The maximum absolute atomic E-state index is 11.4. The molecular weight excluding hydrogens is 247 g/mol. The van der Waals surface area contributed by atoms with Gasteiger partial charge in [-0.15, -0.1) is 0 Å². The van der Waals surface area contributed by atoms with E-state index < -0.39 is 11.9 Å². The van der Waals surface area contributed by atoms with Gasteiger partial charge in [0.1, 0.15) is 6.04 Å². The zero-order chi connectivity index (χ0) is 11.7. The van der Waals surface area contributed by atoms with E-state index in [1.807, 2.05) is 0 Å². The van der Waals surface area contributed by atoms with Gasteiger partial charge < -0.3 is 5.73 Å². The standard InChI is InChI=1S/C11H12Cl2N2O/c12-8-3-1-2-7(9(8)13)10(11(14)16)15-6-4-5-6/h1-3,6,10,15H,4-5H2,(H2,14,16). The Kier molecular flexibility index (Phi) is 3.38. The number of hydrogen-bond donors (Lipinski definition) is 2. The van der Waals surface area contributed by atoms with Crippen LogP contribution in [0.5, 0.6) is 0 Å². The first kappa shape index (κ1) is 11.7. The third-order valence-corrected chi connectivity index (χ3v) is 3.39. The molecule has 0 aliphatic heterocycles. The molecule has 1 amide bonds. The topological polar surface area (TPSA) is 55.1 Å². The van der Waals surface area contributed by atoms with Crippen LogP contribution in [0.3, 0.4) is 0 Å². The molecular formula is C11H12Cl2N2O. The second-order valence-electron chi connectivity index (χ2n) is 3.92. The molecule has 3 N–H and O–H groups in total. The molecule has 1 aliphatic rings. The summed E-state index contributed by atoms with van der Waals surface area (Å²) < 4.78 is 0. The van der Waals surface area contributed by atoms with Crippen molar-refractivity contribution in [2.45, 2.75) is 24.9 Å². The van der Waals surface area contributed by atoms with Gasteiger partial charge in [-0.1, -0.05) is 35.3 Å². The molecule has 0 saturated heterocycles. The fourth-order valence-electron chi connectivity index (χ4n) is 1.55. The highest BCUT2D eigenvalue weighted by Gasteiger charge is 2.29. The van der Waals surface area contributed by atoms with Crippen molar-refractivity contribution in [1.29, 1.82) is 0 Å². The van der Waals surface area contributed by atoms with E-state index in [9.17, 15) is 4.79 Å². The summed E-state index contributed by atoms with van der Waals surface area (Å²) in [4.78, 5) is 11.4. The Labute approximate surface area is 104 Å². The Balaban J connectivity index is 2.29. The summed E-state index contributed by atoms with van der Waals surface area (Å²) in [6.07, 6.45) is 2.14. The number of rotatable bonds is 4. The highest BCUT2D eigenvalue weighted by molar-refractivity contribution is 6.42. The number of hydrogen-bond acceptors (Lipinski definition) is 2. The van der Waals surface area contributed by atoms with Gasteiger partial charge in [0.05, 0.1) is 10.0 Å². The lowest BCUT2D eigenvalue weighted by Crippen LogP contribution is -2.35. The average molecular weight is 259 g/mol. The predicted octanol–water partition coefficient (Wildman–Crippen LogP) is 2.27. The number of nitrogens with two attached hydrogens (primary N) is 1. The number of halogens is 2. The number of primary amides is 1. The van der Waals surface area contributed by atoms with Crippen molar-refractivity contribution in [3.8, 4) is 0 Å². The van der Waals surface area contributed by atoms with Crippen LogP contribution in [0.25, 0.3) is 0 Å². The highest BCUT2D eigenvalue weighted by Crippen LogP contribution is 2.32. The minimum Gasteiger partial charge on any atom is -0.368 e. The molecule has 0 radical (unpaired) electrons. The maximum Gasteiger partial charge on any atom is 0.239 e. The number of nitrogens with one attached hydrogen (secondary N) is 1. The monoisotopic (exact) mass is 258 g/mol. The van der Waals surface area contributed by atoms with Gasteiger partial charge in [0.2, 0.25) is 5.91 Å². The first-order valence-corrected chi connectivity index (χ1v) is 5.84. The van der Waals surface area contributed by atoms with Gasteiger partial charge in [-0.25, -0.2) is 0 Å². The van der Waals surface area contributed by atoms with Crippen molar-refractivity contribution in [1.82, 2.24) is 5.32 Å². The second kappa shape index (κ2) is 4.62. The molecule has 1 aliphatic carbocycles. The van der Waals surface area contributed by atoms with Gasteiger partial charge in [0.15, 0.2) is 0 Å². The normalized spacial score (nSPS) is 17.1. The van der Waals surface area contributed by atoms with E-state index in [1.165, 1.54) is 0 Å². The van der Waals surface area contributed by atoms with Crippen LogP contribution in [-0.4, -0.2) is 11.9 Å². The largest absolute Gasteiger partial charge is 0.368 e. The zero-order valence-electron chi connectivity index (χ0n) is 8.54. The fraction of sp³-hybridized carbons (Fsp3) is 0.364. The van der Waals surface area contributed by atoms with Crippen LogP contribution in [0.1, 0.15) is 24.4 Å². The smallest absolute Gasteiger partial charge is 0.239 e. The van der Waals surface area contributed by atoms with E-state index in [-0.39, 0.29) is 0 Å². The van der Waals surface area contributed by atoms with E-state index in [0.717, 1.165) is 12.8 Å². The van der Waals surface area contributed by atoms with Crippen molar-refractivity contribution in [2.75, 3.05) is 0 Å². The lowest BCUT2D eigenvalue weighted by atomic mass is 10.1. The van der Waals surface area contributed by atoms with E-state index >= 15 is 0 Å². The van der Waals surface area contributed by atoms with Crippen molar-refractivity contribution in [3.05, 3.63) is 33.8 Å². The fourth-order valence-corrected chi connectivity index (χ4v) is 1.97. The molecule has 1 saturated carbocycles. The van der Waals surface area contributed by atoms with Crippen molar-refractivity contribution in [2.24, 2.45) is 5.73 Å². The molecule has 3 nitrogen and oxygen atoms in total. The third kappa shape index (κ3) is 2.48. The molecule has 1 aromatic carbocycles. The first-order chi connectivity index (χ1) is 7.59. The van der Waals surface area contributed by atoms with Crippen LogP contribution in [0, 0.1) is 0 Å². The molecule has 1 unspecified atom stereocenters. The van der Waals surface area contributed by atoms with Crippen LogP contribution in [-0.2, 0) is 4.79 Å². The van der Waals surface area contributed by atoms with Crippen LogP contribution in [0.15, 0.2) is 18.2 Å². The maximum atomic E-state index is 11.4. The number of benzene rings is 1. The lowest BCUT2D eigenvalue weighted by Gasteiger charge is -2.17. The molecule has 1 aromatic rings. The van der Waals surface area contributed by atoms with Crippen LogP contribution >= 0.6 is 23.2 Å². The van der Waals surface area contributed by atoms with Gasteiger partial charge in [0, 0.05) is 6.04 Å². The van der Waals surface area contributed by atoms with Gasteiger partial charge >= 0.3 is 0 Å². The number of carbonyl (C=O) groups is 1. The third-order valence-electron chi connectivity index (χ3n) is 2.56. The molecule has 0 aromatic heterocycles. The van der Waals surface area contributed by atoms with E-state index in [1.54, 1.807) is 18.2 Å². The Morgan fingerprint density at radius 1 is 1.44 bits per heavy atom. The molecule has 5 heteroatoms. The molecule has 2 rings (SSSR count). The second-order valence-corrected chi connectivity index (χ2v) is 4.70. The summed E-state index contributed by atoms with van der Waals surface area (Å²) in [5.41, 5.74) is 6.01. The van der Waals surface area contributed by atoms with Crippen LogP contribution in [0.2, 0.25) is 10.0 Å². The highest BCUT2D eigenvalue weighted by atomic mass is 35.5. The zero-order valence-corrected chi connectivity index (χ0v) is 10.1. The van der Waals surface area contributed by atoms with Gasteiger partial charge in [0.25, 0.3) is 0 Å². The summed E-state index contributed by atoms with van der Waals surface area (Å²) in [6.45, 7) is 0. The summed E-state index contributed by atoms with van der Waals surface area (Å²) >= 11 is 12.0. The molecule has 1 fully saturated rings. The number of amides is 1. The van der Waals surface area contributed by atoms with Crippen molar-refractivity contribution < 1.29 is 4.79 Å². The van der Waals surface area contributed by atoms with Gasteiger partial charge in [-0.05, 0) is 24.5 Å². The van der Waals surface area contributed by atoms with Gasteiger partial charge in [-0.3, -0.25) is 10.1 Å². The Morgan fingerprint density at radius 2 is 2.12 bits per heavy atom. The van der Waals surface area contributed by atoms with Crippen LogP contribution in [0.4, 0.5) is 0 Å². The quantitative estimate of drug-likeness (QED) is 0.871. The summed E-state index contributed by atoms with van der Waals surface area (Å²) in [5.74, 6) is -0.434. The molecule has 0 bridgehead atoms. The summed E-state index contributed by atoms with van der Waals surface area (Å²) in [6, 6.07) is 5.02. The van der Waals surface area contributed by atoms with E-state index in [0.29, 0.717) is 21.7 Å². The summed E-state index contributed by atoms with van der Waals surface area (Å²) in [5, 5.41) is 3.98. The van der Waals surface area contributed by atoms with E-state index in [2.05, 4.69) is 5.32 Å². The molecule has 86 valence electrons.